The summed E-state index contributed by atoms with van der Waals surface area (Å²) in [6.45, 7) is 1.16. The van der Waals surface area contributed by atoms with Gasteiger partial charge in [-0.1, -0.05) is 18.2 Å². The van der Waals surface area contributed by atoms with E-state index in [2.05, 4.69) is 0 Å². The van der Waals surface area contributed by atoms with Gasteiger partial charge in [-0.2, -0.15) is 11.8 Å². The maximum atomic E-state index is 13.9. The largest absolute Gasteiger partial charge is 0.338 e. The van der Waals surface area contributed by atoms with Crippen LogP contribution in [0.25, 0.3) is 0 Å². The Morgan fingerprint density at radius 1 is 1.09 bits per heavy atom. The summed E-state index contributed by atoms with van der Waals surface area (Å²) < 4.78 is 27.3. The Balaban J connectivity index is 1.72. The van der Waals surface area contributed by atoms with Crippen molar-refractivity contribution in [1.82, 2.24) is 4.90 Å². The van der Waals surface area contributed by atoms with E-state index < -0.39 is 5.82 Å². The summed E-state index contributed by atoms with van der Waals surface area (Å²) in [7, 11) is 0. The van der Waals surface area contributed by atoms with Gasteiger partial charge in [0.25, 0.3) is 5.91 Å². The number of thioether (sulfide) groups is 1. The molecule has 5 heteroatoms. The van der Waals surface area contributed by atoms with E-state index in [1.807, 2.05) is 18.2 Å². The fraction of sp³-hybridized carbons (Fsp3) is 0.278. The quantitative estimate of drug-likeness (QED) is 0.817. The minimum absolute atomic E-state index is 0.00781. The van der Waals surface area contributed by atoms with E-state index in [9.17, 15) is 13.6 Å². The van der Waals surface area contributed by atoms with Crippen molar-refractivity contribution >= 4 is 17.7 Å². The van der Waals surface area contributed by atoms with E-state index in [-0.39, 0.29) is 17.0 Å². The molecular weight excluding hydrogens is 316 g/mol. The second-order valence-corrected chi connectivity index (χ2v) is 6.78. The third-order valence-corrected chi connectivity index (χ3v) is 5.26. The zero-order valence-electron chi connectivity index (χ0n) is 12.5. The number of amides is 1. The number of hydrogen-bond donors (Lipinski definition) is 0. The van der Waals surface area contributed by atoms with Crippen LogP contribution in [-0.2, 0) is 0 Å². The molecule has 1 aliphatic heterocycles. The van der Waals surface area contributed by atoms with Gasteiger partial charge in [0.2, 0.25) is 0 Å². The van der Waals surface area contributed by atoms with Gasteiger partial charge in [-0.05, 0) is 36.8 Å². The Morgan fingerprint density at radius 3 is 2.65 bits per heavy atom. The maximum absolute atomic E-state index is 13.9. The summed E-state index contributed by atoms with van der Waals surface area (Å²) in [5.41, 5.74) is 1.05. The van der Waals surface area contributed by atoms with Crippen LogP contribution in [0.4, 0.5) is 8.78 Å². The monoisotopic (exact) mass is 333 g/mol. The van der Waals surface area contributed by atoms with Gasteiger partial charge in [0.05, 0.1) is 0 Å². The van der Waals surface area contributed by atoms with Crippen LogP contribution in [0, 0.1) is 11.6 Å². The van der Waals surface area contributed by atoms with Crippen molar-refractivity contribution in [1.29, 1.82) is 0 Å². The lowest BCUT2D eigenvalue weighted by molar-refractivity contribution is 0.0766. The molecule has 0 aliphatic carbocycles. The Hall–Kier alpha value is -1.88. The van der Waals surface area contributed by atoms with Gasteiger partial charge in [0.15, 0.2) is 0 Å². The van der Waals surface area contributed by atoms with Crippen LogP contribution in [-0.4, -0.2) is 29.6 Å². The molecule has 23 heavy (non-hydrogen) atoms. The number of carbonyl (C=O) groups is 1. The van der Waals surface area contributed by atoms with E-state index in [0.717, 1.165) is 6.07 Å². The van der Waals surface area contributed by atoms with Crippen LogP contribution in [0.15, 0.2) is 48.5 Å². The molecule has 1 atom stereocenters. The standard InChI is InChI=1S/C18H17F2NOS/c19-14-6-7-16(20)15(12-14)17-8-9-21(10-11-23-17)18(22)13-4-2-1-3-5-13/h1-7,12,17H,8-11H2/t17-/m0/s1. The van der Waals surface area contributed by atoms with Gasteiger partial charge in [-0.15, -0.1) is 0 Å². The van der Waals surface area contributed by atoms with Crippen LogP contribution >= 0.6 is 11.8 Å². The van der Waals surface area contributed by atoms with Gasteiger partial charge in [-0.25, -0.2) is 8.78 Å². The highest BCUT2D eigenvalue weighted by molar-refractivity contribution is 7.99. The van der Waals surface area contributed by atoms with Gasteiger partial charge >= 0.3 is 0 Å². The third-order valence-electron chi connectivity index (χ3n) is 3.95. The van der Waals surface area contributed by atoms with E-state index in [1.54, 1.807) is 28.8 Å². The minimum Gasteiger partial charge on any atom is -0.338 e. The number of rotatable bonds is 2. The van der Waals surface area contributed by atoms with Crippen molar-refractivity contribution in [2.45, 2.75) is 11.7 Å². The SMILES string of the molecule is O=C(c1ccccc1)N1CCS[C@H](c2cc(F)ccc2F)CC1. The minimum atomic E-state index is -0.427. The van der Waals surface area contributed by atoms with E-state index in [1.165, 1.54) is 12.1 Å². The number of carbonyl (C=O) groups excluding carboxylic acids is 1. The average molecular weight is 333 g/mol. The second-order valence-electron chi connectivity index (χ2n) is 5.47. The number of nitrogens with zero attached hydrogens (tertiary/aromatic N) is 1. The van der Waals surface area contributed by atoms with Crippen molar-refractivity contribution in [3.8, 4) is 0 Å². The molecule has 1 fully saturated rings. The van der Waals surface area contributed by atoms with Crippen LogP contribution in [0.3, 0.4) is 0 Å². The predicted octanol–water partition coefficient (Wildman–Crippen LogP) is 4.29. The van der Waals surface area contributed by atoms with Crippen LogP contribution < -0.4 is 0 Å². The van der Waals surface area contributed by atoms with Crippen LogP contribution in [0.5, 0.6) is 0 Å². The second kappa shape index (κ2) is 7.13. The van der Waals surface area contributed by atoms with Crippen molar-refractivity contribution in [2.24, 2.45) is 0 Å². The lowest BCUT2D eigenvalue weighted by atomic mass is 10.1. The van der Waals surface area contributed by atoms with Gasteiger partial charge in [-0.3, -0.25) is 4.79 Å². The van der Waals surface area contributed by atoms with E-state index >= 15 is 0 Å². The summed E-state index contributed by atoms with van der Waals surface area (Å²) in [5.74, 6) is -0.110. The van der Waals surface area contributed by atoms with E-state index in [4.69, 9.17) is 0 Å². The molecule has 2 nitrogen and oxygen atoms in total. The third kappa shape index (κ3) is 3.72. The molecule has 120 valence electrons. The highest BCUT2D eigenvalue weighted by Gasteiger charge is 2.24. The van der Waals surface area contributed by atoms with Crippen LogP contribution in [0.1, 0.15) is 27.6 Å². The molecule has 2 aromatic carbocycles. The summed E-state index contributed by atoms with van der Waals surface area (Å²) in [5, 5.41) is -0.126. The van der Waals surface area contributed by atoms with Gasteiger partial charge in [0, 0.05) is 35.2 Å². The summed E-state index contributed by atoms with van der Waals surface area (Å²) >= 11 is 1.58. The molecule has 0 radical (unpaired) electrons. The highest BCUT2D eigenvalue weighted by Crippen LogP contribution is 2.36. The van der Waals surface area contributed by atoms with Crippen LogP contribution in [0.2, 0.25) is 0 Å². The number of benzene rings is 2. The molecule has 0 N–H and O–H groups in total. The van der Waals surface area contributed by atoms with Crippen molar-refractivity contribution in [2.75, 3.05) is 18.8 Å². The molecule has 2 aromatic rings. The Kier molecular flexibility index (Phi) is 4.96. The fourth-order valence-corrected chi connectivity index (χ4v) is 3.99. The predicted molar refractivity (Wildman–Crippen MR) is 88.5 cm³/mol. The number of halogens is 2. The molecule has 0 bridgehead atoms. The first-order valence-electron chi connectivity index (χ1n) is 7.56. The normalized spacial score (nSPS) is 18.5. The smallest absolute Gasteiger partial charge is 0.253 e. The molecule has 1 saturated heterocycles. The van der Waals surface area contributed by atoms with Gasteiger partial charge in [0.1, 0.15) is 11.6 Å². The van der Waals surface area contributed by atoms with Gasteiger partial charge < -0.3 is 4.90 Å². The molecule has 0 spiro atoms. The first kappa shape index (κ1) is 16.0. The van der Waals surface area contributed by atoms with Crippen molar-refractivity contribution in [3.63, 3.8) is 0 Å². The Morgan fingerprint density at radius 2 is 1.87 bits per heavy atom. The van der Waals surface area contributed by atoms with Crippen molar-refractivity contribution < 1.29 is 13.6 Å². The molecular formula is C18H17F2NOS. The summed E-state index contributed by atoms with van der Waals surface area (Å²) in [4.78, 5) is 14.3. The molecule has 1 amide bonds. The average Bonchev–Trinajstić information content (AvgIpc) is 2.83. The molecule has 3 rings (SSSR count). The lowest BCUT2D eigenvalue weighted by Gasteiger charge is -2.20. The zero-order chi connectivity index (χ0) is 16.2. The molecule has 0 unspecified atom stereocenters. The molecule has 0 saturated carbocycles. The van der Waals surface area contributed by atoms with Crippen molar-refractivity contribution in [3.05, 3.63) is 71.3 Å². The first-order valence-corrected chi connectivity index (χ1v) is 8.61. The zero-order valence-corrected chi connectivity index (χ0v) is 13.4. The fourth-order valence-electron chi connectivity index (χ4n) is 2.75. The Bertz CT molecular complexity index is 693. The first-order chi connectivity index (χ1) is 11.1. The maximum Gasteiger partial charge on any atom is 0.253 e. The molecule has 0 aromatic heterocycles. The Labute approximate surface area is 138 Å². The molecule has 1 aliphatic rings. The highest BCUT2D eigenvalue weighted by atomic mass is 32.2. The summed E-state index contributed by atoms with van der Waals surface area (Å²) in [6.07, 6.45) is 0.615. The number of hydrogen-bond acceptors (Lipinski definition) is 2. The lowest BCUT2D eigenvalue weighted by Crippen LogP contribution is -2.32. The topological polar surface area (TPSA) is 20.3 Å². The summed E-state index contributed by atoms with van der Waals surface area (Å²) in [6, 6.07) is 12.7. The van der Waals surface area contributed by atoms with E-state index in [0.29, 0.717) is 36.4 Å². The molecule has 1 heterocycles.